The van der Waals surface area contributed by atoms with Gasteiger partial charge in [-0.2, -0.15) is 0 Å². The lowest BCUT2D eigenvalue weighted by Gasteiger charge is -2.19. The zero-order chi connectivity index (χ0) is 33.9. The minimum atomic E-state index is -0.548. The van der Waals surface area contributed by atoms with Gasteiger partial charge in [-0.3, -0.25) is 14.4 Å². The first-order valence-electron chi connectivity index (χ1n) is 16.4. The molecular formula is C37H43Cl3N2O5. The summed E-state index contributed by atoms with van der Waals surface area (Å²) in [4.78, 5) is 39.5. The number of carbonyl (C=O) groups is 3. The van der Waals surface area contributed by atoms with Crippen molar-refractivity contribution in [3.05, 3.63) is 80.8 Å². The Hall–Kier alpha value is -3.26. The molecule has 252 valence electrons. The monoisotopic (exact) mass is 700 g/mol. The number of carbonyl (C=O) groups excluding carboxylic acids is 3. The number of rotatable bonds is 16. The van der Waals surface area contributed by atoms with Gasteiger partial charge in [0, 0.05) is 29.0 Å². The van der Waals surface area contributed by atoms with Gasteiger partial charge in [0.2, 0.25) is 5.91 Å². The molecule has 1 aliphatic carbocycles. The van der Waals surface area contributed by atoms with E-state index in [0.29, 0.717) is 36.0 Å². The van der Waals surface area contributed by atoms with E-state index in [1.54, 1.807) is 12.1 Å². The molecule has 0 heterocycles. The summed E-state index contributed by atoms with van der Waals surface area (Å²) in [6, 6.07) is 14.2. The summed E-state index contributed by atoms with van der Waals surface area (Å²) in [5.41, 5.74) is 1.00. The second kappa shape index (κ2) is 17.8. The number of phenolic OH excluding ortho intramolecular Hbond substituents is 1. The number of hydrogen-bond donors (Lipinski definition) is 3. The highest BCUT2D eigenvalue weighted by Crippen LogP contribution is 2.38. The van der Waals surface area contributed by atoms with Crippen LogP contribution in [0, 0.1) is 17.8 Å². The van der Waals surface area contributed by atoms with E-state index in [2.05, 4.69) is 24.5 Å². The van der Waals surface area contributed by atoms with Crippen molar-refractivity contribution in [3.8, 4) is 11.5 Å². The molecule has 4 rings (SSSR count). The summed E-state index contributed by atoms with van der Waals surface area (Å²) in [7, 11) is 0. The zero-order valence-electron chi connectivity index (χ0n) is 26.9. The number of halogens is 3. The van der Waals surface area contributed by atoms with Crippen molar-refractivity contribution >= 4 is 63.8 Å². The summed E-state index contributed by atoms with van der Waals surface area (Å²) in [5.74, 6) is -1.10. The Morgan fingerprint density at radius 3 is 2.21 bits per heavy atom. The number of hydrogen-bond acceptors (Lipinski definition) is 5. The summed E-state index contributed by atoms with van der Waals surface area (Å²) in [6.45, 7) is 5.07. The highest BCUT2D eigenvalue weighted by Gasteiger charge is 2.38. The second-order valence-electron chi connectivity index (χ2n) is 12.4. The Bertz CT molecular complexity index is 1550. The Balaban J connectivity index is 1.30. The normalized spacial score (nSPS) is 16.4. The maximum atomic E-state index is 13.5. The standard InChI is InChI=1S/C37H43Cl3N2O5/c1-3-4-5-6-7-8-10-23(2)22-47-26-16-13-24(14-17-26)35(44)27-11-9-12-28(27)37(46)41-32-21-34(43)33(20-31(32)40)42-36(45)25-15-18-29(38)30(39)19-25/h13-21,23,27-28,43H,3-12,22H2,1-2H3,(H,41,46)(H,42,45). The molecule has 0 aliphatic heterocycles. The first-order valence-corrected chi connectivity index (χ1v) is 17.6. The topological polar surface area (TPSA) is 105 Å². The lowest BCUT2D eigenvalue weighted by atomic mass is 9.87. The van der Waals surface area contributed by atoms with Gasteiger partial charge >= 0.3 is 0 Å². The third kappa shape index (κ3) is 10.4. The summed E-state index contributed by atoms with van der Waals surface area (Å²) >= 11 is 18.4. The van der Waals surface area contributed by atoms with Gasteiger partial charge in [-0.15, -0.1) is 0 Å². The minimum Gasteiger partial charge on any atom is -0.506 e. The Labute approximate surface area is 292 Å². The lowest BCUT2D eigenvalue weighted by Crippen LogP contribution is -2.30. The molecule has 47 heavy (non-hydrogen) atoms. The largest absolute Gasteiger partial charge is 0.506 e. The molecule has 0 bridgehead atoms. The molecule has 10 heteroatoms. The quantitative estimate of drug-likeness (QED) is 0.0783. The number of anilines is 2. The highest BCUT2D eigenvalue weighted by molar-refractivity contribution is 6.42. The number of Topliss-reactive ketones (excluding diaryl/α,β-unsaturated/α-hetero) is 1. The molecule has 0 saturated heterocycles. The van der Waals surface area contributed by atoms with Crippen LogP contribution in [0.3, 0.4) is 0 Å². The number of ketones is 1. The van der Waals surface area contributed by atoms with E-state index < -0.39 is 17.7 Å². The molecule has 3 unspecified atom stereocenters. The smallest absolute Gasteiger partial charge is 0.255 e. The molecular weight excluding hydrogens is 659 g/mol. The molecule has 1 aliphatic rings. The SMILES string of the molecule is CCCCCCCCC(C)COc1ccc(C(=O)C2CCCC2C(=O)Nc2cc(O)c(NC(=O)c3ccc(Cl)c(Cl)c3)cc2Cl)cc1. The van der Waals surface area contributed by atoms with Crippen LogP contribution in [0.1, 0.15) is 98.8 Å². The zero-order valence-corrected chi connectivity index (χ0v) is 29.2. The van der Waals surface area contributed by atoms with Crippen LogP contribution in [0.15, 0.2) is 54.6 Å². The Morgan fingerprint density at radius 2 is 1.49 bits per heavy atom. The van der Waals surface area contributed by atoms with Gasteiger partial charge in [0.15, 0.2) is 5.78 Å². The number of phenols is 1. The van der Waals surface area contributed by atoms with Crippen LogP contribution in [-0.2, 0) is 4.79 Å². The molecule has 3 aromatic carbocycles. The van der Waals surface area contributed by atoms with E-state index in [-0.39, 0.29) is 44.4 Å². The van der Waals surface area contributed by atoms with Crippen molar-refractivity contribution in [1.29, 1.82) is 0 Å². The number of benzene rings is 3. The maximum Gasteiger partial charge on any atom is 0.255 e. The van der Waals surface area contributed by atoms with E-state index in [1.165, 1.54) is 68.9 Å². The van der Waals surface area contributed by atoms with Gasteiger partial charge in [-0.1, -0.05) is 93.6 Å². The van der Waals surface area contributed by atoms with E-state index in [1.807, 2.05) is 12.1 Å². The van der Waals surface area contributed by atoms with Crippen molar-refractivity contribution in [1.82, 2.24) is 0 Å². The van der Waals surface area contributed by atoms with E-state index in [4.69, 9.17) is 39.5 Å². The molecule has 1 fully saturated rings. The number of nitrogens with one attached hydrogen (secondary N) is 2. The fourth-order valence-electron chi connectivity index (χ4n) is 5.93. The van der Waals surface area contributed by atoms with Crippen LogP contribution >= 0.6 is 34.8 Å². The Kier molecular flexibility index (Phi) is 13.8. The van der Waals surface area contributed by atoms with Crippen molar-refractivity contribution in [2.45, 2.75) is 78.1 Å². The first-order chi connectivity index (χ1) is 22.6. The molecule has 3 N–H and O–H groups in total. The minimum absolute atomic E-state index is 0.0534. The van der Waals surface area contributed by atoms with Gasteiger partial charge in [-0.25, -0.2) is 0 Å². The van der Waals surface area contributed by atoms with E-state index >= 15 is 0 Å². The van der Waals surface area contributed by atoms with Gasteiger partial charge in [-0.05, 0) is 73.7 Å². The first kappa shape index (κ1) is 36.6. The summed E-state index contributed by atoms with van der Waals surface area (Å²) < 4.78 is 5.99. The van der Waals surface area contributed by atoms with Crippen molar-refractivity contribution in [2.75, 3.05) is 17.2 Å². The van der Waals surface area contributed by atoms with Crippen molar-refractivity contribution in [2.24, 2.45) is 17.8 Å². The molecule has 1 saturated carbocycles. The van der Waals surface area contributed by atoms with Crippen LogP contribution in [0.5, 0.6) is 11.5 Å². The Morgan fingerprint density at radius 1 is 0.809 bits per heavy atom. The van der Waals surface area contributed by atoms with Crippen molar-refractivity contribution < 1.29 is 24.2 Å². The van der Waals surface area contributed by atoms with Crippen LogP contribution in [0.25, 0.3) is 0 Å². The van der Waals surface area contributed by atoms with Crippen LogP contribution in [0.2, 0.25) is 15.1 Å². The third-order valence-electron chi connectivity index (χ3n) is 8.69. The van der Waals surface area contributed by atoms with Crippen molar-refractivity contribution in [3.63, 3.8) is 0 Å². The summed E-state index contributed by atoms with van der Waals surface area (Å²) in [5, 5.41) is 16.6. The molecule has 0 aromatic heterocycles. The molecule has 2 amide bonds. The predicted molar refractivity (Wildman–Crippen MR) is 190 cm³/mol. The molecule has 3 atom stereocenters. The van der Waals surface area contributed by atoms with Crippen LogP contribution in [-0.4, -0.2) is 29.3 Å². The average Bonchev–Trinajstić information content (AvgIpc) is 3.55. The number of unbranched alkanes of at least 4 members (excludes halogenated alkanes) is 5. The highest BCUT2D eigenvalue weighted by atomic mass is 35.5. The molecule has 0 radical (unpaired) electrons. The van der Waals surface area contributed by atoms with E-state index in [9.17, 15) is 19.5 Å². The fraction of sp³-hybridized carbons (Fsp3) is 0.432. The average molecular weight is 702 g/mol. The molecule has 3 aromatic rings. The fourth-order valence-corrected chi connectivity index (χ4v) is 6.44. The lowest BCUT2D eigenvalue weighted by molar-refractivity contribution is -0.120. The number of amides is 2. The maximum absolute atomic E-state index is 13.5. The predicted octanol–water partition coefficient (Wildman–Crippen LogP) is 10.6. The second-order valence-corrected chi connectivity index (χ2v) is 13.6. The number of ether oxygens (including phenoxy) is 1. The van der Waals surface area contributed by atoms with Gasteiger partial charge < -0.3 is 20.5 Å². The summed E-state index contributed by atoms with van der Waals surface area (Å²) in [6.07, 6.45) is 10.7. The van der Waals surface area contributed by atoms with E-state index in [0.717, 1.165) is 18.6 Å². The number of aromatic hydroxyl groups is 1. The van der Waals surface area contributed by atoms with Crippen LogP contribution in [0.4, 0.5) is 11.4 Å². The third-order valence-corrected chi connectivity index (χ3v) is 9.74. The molecule has 7 nitrogen and oxygen atoms in total. The van der Waals surface area contributed by atoms with Crippen LogP contribution < -0.4 is 15.4 Å². The molecule has 0 spiro atoms. The van der Waals surface area contributed by atoms with Gasteiger partial charge in [0.05, 0.1) is 33.0 Å². The van der Waals surface area contributed by atoms with Gasteiger partial charge in [0.1, 0.15) is 11.5 Å². The van der Waals surface area contributed by atoms with Gasteiger partial charge in [0.25, 0.3) is 5.91 Å².